The van der Waals surface area contributed by atoms with E-state index in [1.807, 2.05) is 56.0 Å². The zero-order chi connectivity index (χ0) is 35.5. The molecule has 12 heteroatoms. The van der Waals surface area contributed by atoms with Crippen LogP contribution in [0, 0.1) is 0 Å². The number of rotatable bonds is 9. The van der Waals surface area contributed by atoms with E-state index in [2.05, 4.69) is 59.5 Å². The number of alkyl halides is 3. The SMILES string of the molecule is C=CCSCC1=CC(C)(C)Nc2ccc(-c3cc(OC)ccc3OC)cc21.CC1=CC(C)(C)Nc2ccc(OS(=O)(=O)C(F)(F)F)cc21. The smallest absolute Gasteiger partial charge is 0.497 e. The third-order valence-corrected chi connectivity index (χ3v) is 9.47. The van der Waals surface area contributed by atoms with E-state index in [9.17, 15) is 21.6 Å². The molecule has 3 aromatic carbocycles. The van der Waals surface area contributed by atoms with Crippen molar-refractivity contribution < 1.29 is 35.2 Å². The third kappa shape index (κ3) is 8.70. The van der Waals surface area contributed by atoms with Crippen LogP contribution in [0.3, 0.4) is 0 Å². The molecule has 0 radical (unpaired) electrons. The molecule has 2 heterocycles. The van der Waals surface area contributed by atoms with Crippen LogP contribution < -0.4 is 24.3 Å². The largest absolute Gasteiger partial charge is 0.534 e. The molecule has 0 saturated carbocycles. The Balaban J connectivity index is 0.000000224. The highest BCUT2D eigenvalue weighted by atomic mass is 32.2. The van der Waals surface area contributed by atoms with E-state index in [0.29, 0.717) is 11.3 Å². The van der Waals surface area contributed by atoms with Crippen molar-refractivity contribution in [3.63, 3.8) is 0 Å². The molecule has 0 aromatic heterocycles. The molecule has 0 atom stereocenters. The average molecular weight is 703 g/mol. The van der Waals surface area contributed by atoms with E-state index >= 15 is 0 Å². The maximum absolute atomic E-state index is 12.3. The molecule has 0 saturated heterocycles. The second kappa shape index (κ2) is 14.2. The predicted octanol–water partition coefficient (Wildman–Crippen LogP) is 9.40. The monoisotopic (exact) mass is 702 g/mol. The average Bonchev–Trinajstić information content (AvgIpc) is 2.99. The number of anilines is 2. The molecular formula is C36H41F3N2O5S2. The molecule has 48 heavy (non-hydrogen) atoms. The molecule has 0 spiro atoms. The van der Waals surface area contributed by atoms with Crippen LogP contribution in [0.4, 0.5) is 24.5 Å². The van der Waals surface area contributed by atoms with Gasteiger partial charge < -0.3 is 24.3 Å². The minimum Gasteiger partial charge on any atom is -0.497 e. The summed E-state index contributed by atoms with van der Waals surface area (Å²) in [6, 6.07) is 16.4. The fraction of sp³-hybridized carbons (Fsp3) is 0.333. The summed E-state index contributed by atoms with van der Waals surface area (Å²) in [7, 11) is -2.28. The minimum absolute atomic E-state index is 0.0632. The first-order valence-corrected chi connectivity index (χ1v) is 17.6. The van der Waals surface area contributed by atoms with E-state index in [1.165, 1.54) is 35.0 Å². The number of methoxy groups -OCH3 is 2. The number of benzene rings is 3. The molecule has 0 fully saturated rings. The molecule has 5 rings (SSSR count). The van der Waals surface area contributed by atoms with Crippen LogP contribution in [0.25, 0.3) is 22.3 Å². The molecular weight excluding hydrogens is 662 g/mol. The summed E-state index contributed by atoms with van der Waals surface area (Å²) in [6.07, 6.45) is 6.19. The van der Waals surface area contributed by atoms with Gasteiger partial charge in [-0.05, 0) is 99.9 Å². The van der Waals surface area contributed by atoms with Crippen molar-refractivity contribution >= 4 is 44.4 Å². The lowest BCUT2D eigenvalue weighted by molar-refractivity contribution is -0.0500. The second-order valence-electron chi connectivity index (χ2n) is 12.5. The molecule has 2 aliphatic heterocycles. The number of allylic oxidation sites excluding steroid dienone is 1. The maximum atomic E-state index is 12.3. The van der Waals surface area contributed by atoms with Gasteiger partial charge in [0.05, 0.1) is 25.3 Å². The fourth-order valence-corrected chi connectivity index (χ4v) is 6.78. The van der Waals surface area contributed by atoms with Crippen molar-refractivity contribution in [2.75, 3.05) is 36.4 Å². The van der Waals surface area contributed by atoms with Gasteiger partial charge >= 0.3 is 15.6 Å². The van der Waals surface area contributed by atoms with Gasteiger partial charge in [-0.3, -0.25) is 0 Å². The Labute approximate surface area is 285 Å². The zero-order valence-corrected chi connectivity index (χ0v) is 29.7. The van der Waals surface area contributed by atoms with Crippen LogP contribution in [0.5, 0.6) is 17.2 Å². The van der Waals surface area contributed by atoms with Crippen LogP contribution in [-0.4, -0.2) is 50.7 Å². The number of hydrogen-bond donors (Lipinski definition) is 2. The van der Waals surface area contributed by atoms with E-state index in [-0.39, 0.29) is 16.8 Å². The van der Waals surface area contributed by atoms with Crippen LogP contribution >= 0.6 is 11.8 Å². The lowest BCUT2D eigenvalue weighted by atomic mass is 9.89. The van der Waals surface area contributed by atoms with Gasteiger partial charge in [0.1, 0.15) is 17.2 Å². The van der Waals surface area contributed by atoms with Gasteiger partial charge in [0.25, 0.3) is 0 Å². The number of halogens is 3. The maximum Gasteiger partial charge on any atom is 0.534 e. The molecule has 7 nitrogen and oxygen atoms in total. The summed E-state index contributed by atoms with van der Waals surface area (Å²) in [5, 5.41) is 6.81. The molecule has 0 aliphatic carbocycles. The van der Waals surface area contributed by atoms with Gasteiger partial charge in [-0.2, -0.15) is 33.4 Å². The number of ether oxygens (including phenoxy) is 2. The van der Waals surface area contributed by atoms with Crippen LogP contribution in [0.2, 0.25) is 0 Å². The Hall–Kier alpha value is -4.03. The predicted molar refractivity (Wildman–Crippen MR) is 192 cm³/mol. The molecule has 0 bridgehead atoms. The van der Waals surface area contributed by atoms with Crippen LogP contribution in [0.1, 0.15) is 45.7 Å². The van der Waals surface area contributed by atoms with Gasteiger partial charge in [-0.1, -0.05) is 24.3 Å². The highest BCUT2D eigenvalue weighted by Gasteiger charge is 2.48. The Morgan fingerprint density at radius 3 is 2.06 bits per heavy atom. The Bertz CT molecular complexity index is 1850. The Kier molecular flexibility index (Phi) is 10.9. The van der Waals surface area contributed by atoms with Gasteiger partial charge in [0.2, 0.25) is 0 Å². The van der Waals surface area contributed by atoms with Crippen molar-refractivity contribution in [2.24, 2.45) is 0 Å². The quantitative estimate of drug-likeness (QED) is 0.0988. The van der Waals surface area contributed by atoms with E-state index in [4.69, 9.17) is 9.47 Å². The highest BCUT2D eigenvalue weighted by Crippen LogP contribution is 2.41. The number of fused-ring (bicyclic) bond motifs is 2. The van der Waals surface area contributed by atoms with Gasteiger partial charge in [0.15, 0.2) is 0 Å². The molecule has 0 amide bonds. The normalized spacial score (nSPS) is 15.9. The molecule has 3 aromatic rings. The summed E-state index contributed by atoms with van der Waals surface area (Å²) >= 11 is 1.88. The lowest BCUT2D eigenvalue weighted by Crippen LogP contribution is -2.32. The molecule has 0 unspecified atom stereocenters. The van der Waals surface area contributed by atoms with Crippen LogP contribution in [0.15, 0.2) is 79.4 Å². The van der Waals surface area contributed by atoms with Crippen molar-refractivity contribution in [3.05, 3.63) is 90.5 Å². The van der Waals surface area contributed by atoms with Gasteiger partial charge in [-0.25, -0.2) is 0 Å². The summed E-state index contributed by atoms with van der Waals surface area (Å²) < 4.78 is 74.0. The molecule has 258 valence electrons. The molecule has 2 aliphatic rings. The summed E-state index contributed by atoms with van der Waals surface area (Å²) in [5.74, 6) is 3.19. The van der Waals surface area contributed by atoms with Crippen molar-refractivity contribution in [2.45, 2.75) is 51.2 Å². The van der Waals surface area contributed by atoms with E-state index in [1.54, 1.807) is 21.1 Å². The third-order valence-electron chi connectivity index (χ3n) is 7.51. The topological polar surface area (TPSA) is 85.9 Å². The van der Waals surface area contributed by atoms with Gasteiger partial charge in [0, 0.05) is 39.6 Å². The Morgan fingerprint density at radius 2 is 1.44 bits per heavy atom. The van der Waals surface area contributed by atoms with Crippen molar-refractivity contribution in [1.82, 2.24) is 0 Å². The van der Waals surface area contributed by atoms with Crippen molar-refractivity contribution in [1.29, 1.82) is 0 Å². The number of thioether (sulfide) groups is 1. The minimum atomic E-state index is -5.66. The van der Waals surface area contributed by atoms with E-state index < -0.39 is 15.6 Å². The number of nitrogens with one attached hydrogen (secondary N) is 2. The van der Waals surface area contributed by atoms with Crippen molar-refractivity contribution in [3.8, 4) is 28.4 Å². The highest BCUT2D eigenvalue weighted by molar-refractivity contribution is 7.99. The lowest BCUT2D eigenvalue weighted by Gasteiger charge is -2.32. The zero-order valence-electron chi connectivity index (χ0n) is 28.0. The Morgan fingerprint density at radius 1 is 0.833 bits per heavy atom. The number of hydrogen-bond acceptors (Lipinski definition) is 8. The standard InChI is InChI=1S/C23H27NO2S.C13H14F3NO3S/c1-6-11-27-15-17-14-23(2,3)24-21-9-7-16(12-19(17)21)20-13-18(25-4)8-10-22(20)26-5;1-8-7-12(2,3)17-11-5-4-9(6-10(8)11)20-21(18,19)13(14,15)16/h6-10,12-14,24H,1,11,15H2,2-5H3;4-7,17H,1-3H3. The first-order chi connectivity index (χ1) is 22.4. The van der Waals surface area contributed by atoms with Crippen LogP contribution in [-0.2, 0) is 10.1 Å². The van der Waals surface area contributed by atoms with Gasteiger partial charge in [-0.15, -0.1) is 6.58 Å². The molecule has 2 N–H and O–H groups in total. The second-order valence-corrected chi connectivity index (χ2v) is 15.1. The summed E-state index contributed by atoms with van der Waals surface area (Å²) in [5.41, 5.74) is 2.23. The van der Waals surface area contributed by atoms with E-state index in [0.717, 1.165) is 39.7 Å². The summed E-state index contributed by atoms with van der Waals surface area (Å²) in [4.78, 5) is 0. The first-order valence-electron chi connectivity index (χ1n) is 15.1. The first kappa shape index (κ1) is 36.8. The fourth-order valence-electron chi connectivity index (χ4n) is 5.58. The summed E-state index contributed by atoms with van der Waals surface area (Å²) in [6.45, 7) is 13.9.